The van der Waals surface area contributed by atoms with Crippen molar-refractivity contribution in [3.05, 3.63) is 23.8 Å². The van der Waals surface area contributed by atoms with E-state index in [4.69, 9.17) is 9.47 Å². The maximum Gasteiger partial charge on any atom is 0.221 e. The molecule has 2 aliphatic rings. The molecule has 1 aromatic carbocycles. The lowest BCUT2D eigenvalue weighted by molar-refractivity contribution is -0.121. The van der Waals surface area contributed by atoms with Gasteiger partial charge in [0.25, 0.3) is 0 Å². The molecule has 1 aromatic rings. The first-order valence-corrected chi connectivity index (χ1v) is 6.72. The van der Waals surface area contributed by atoms with Gasteiger partial charge in [-0.15, -0.1) is 0 Å². The molecule has 1 unspecified atom stereocenters. The third-order valence-corrected chi connectivity index (χ3v) is 3.40. The monoisotopic (exact) mass is 262 g/mol. The number of carbonyl (C=O) groups excluding carboxylic acids is 1. The zero-order valence-corrected chi connectivity index (χ0v) is 10.8. The molecule has 0 spiro atoms. The molecule has 5 nitrogen and oxygen atoms in total. The first kappa shape index (κ1) is 12.3. The number of carbonyl (C=O) groups is 1. The summed E-state index contributed by atoms with van der Waals surface area (Å²) in [5.74, 6) is 1.66. The number of rotatable bonds is 1. The van der Waals surface area contributed by atoms with Crippen LogP contribution in [0.15, 0.2) is 18.2 Å². The van der Waals surface area contributed by atoms with Crippen molar-refractivity contribution in [1.82, 2.24) is 10.6 Å². The number of amides is 1. The third-order valence-electron chi connectivity index (χ3n) is 3.40. The Bertz CT molecular complexity index is 476. The van der Waals surface area contributed by atoms with Gasteiger partial charge in [-0.25, -0.2) is 0 Å². The van der Waals surface area contributed by atoms with Crippen LogP contribution in [0.2, 0.25) is 0 Å². The molecular formula is C14H18N2O3. The summed E-state index contributed by atoms with van der Waals surface area (Å²) in [5.41, 5.74) is 1.07. The SMILES string of the molecule is O=C1CC(c2ccc3c(c2)OCCCO3)NCCN1. The molecule has 1 saturated heterocycles. The highest BCUT2D eigenvalue weighted by atomic mass is 16.5. The van der Waals surface area contributed by atoms with Crippen molar-refractivity contribution in [2.45, 2.75) is 18.9 Å². The zero-order valence-electron chi connectivity index (χ0n) is 10.8. The lowest BCUT2D eigenvalue weighted by Crippen LogP contribution is -2.24. The van der Waals surface area contributed by atoms with Gasteiger partial charge in [0, 0.05) is 32.0 Å². The van der Waals surface area contributed by atoms with Crippen molar-refractivity contribution < 1.29 is 14.3 Å². The predicted octanol–water partition coefficient (Wildman–Crippen LogP) is 0.998. The summed E-state index contributed by atoms with van der Waals surface area (Å²) in [7, 11) is 0. The second kappa shape index (κ2) is 5.48. The Kier molecular flexibility index (Phi) is 3.55. The fourth-order valence-corrected chi connectivity index (χ4v) is 2.41. The fraction of sp³-hybridized carbons (Fsp3) is 0.500. The van der Waals surface area contributed by atoms with Crippen LogP contribution >= 0.6 is 0 Å². The molecule has 0 aliphatic carbocycles. The van der Waals surface area contributed by atoms with Gasteiger partial charge in [-0.1, -0.05) is 6.07 Å². The third kappa shape index (κ3) is 2.81. The molecule has 0 aromatic heterocycles. The van der Waals surface area contributed by atoms with Crippen LogP contribution < -0.4 is 20.1 Å². The maximum atomic E-state index is 11.6. The van der Waals surface area contributed by atoms with E-state index in [2.05, 4.69) is 10.6 Å². The minimum absolute atomic E-state index is 0.0413. The maximum absolute atomic E-state index is 11.6. The highest BCUT2D eigenvalue weighted by molar-refractivity contribution is 5.77. The smallest absolute Gasteiger partial charge is 0.221 e. The van der Waals surface area contributed by atoms with E-state index in [0.29, 0.717) is 26.2 Å². The van der Waals surface area contributed by atoms with Crippen molar-refractivity contribution >= 4 is 5.91 Å². The number of nitrogens with one attached hydrogen (secondary N) is 2. The van der Waals surface area contributed by atoms with E-state index >= 15 is 0 Å². The molecular weight excluding hydrogens is 244 g/mol. The second-order valence-electron chi connectivity index (χ2n) is 4.82. The number of ether oxygens (including phenoxy) is 2. The summed E-state index contributed by atoms with van der Waals surface area (Å²) in [6, 6.07) is 5.96. The Morgan fingerprint density at radius 2 is 1.95 bits per heavy atom. The number of benzene rings is 1. The van der Waals surface area contributed by atoms with E-state index in [-0.39, 0.29) is 11.9 Å². The van der Waals surface area contributed by atoms with Crippen molar-refractivity contribution in [3.63, 3.8) is 0 Å². The van der Waals surface area contributed by atoms with Crippen LogP contribution in [0.3, 0.4) is 0 Å². The Labute approximate surface area is 112 Å². The van der Waals surface area contributed by atoms with Crippen LogP contribution in [0.1, 0.15) is 24.4 Å². The van der Waals surface area contributed by atoms with E-state index in [1.54, 1.807) is 0 Å². The van der Waals surface area contributed by atoms with Gasteiger partial charge in [-0.3, -0.25) is 4.79 Å². The van der Waals surface area contributed by atoms with Crippen molar-refractivity contribution in [2.75, 3.05) is 26.3 Å². The Morgan fingerprint density at radius 3 is 2.84 bits per heavy atom. The molecule has 0 saturated carbocycles. The minimum atomic E-state index is 0.0413. The van der Waals surface area contributed by atoms with Gasteiger partial charge in [0.05, 0.1) is 13.2 Å². The van der Waals surface area contributed by atoms with Gasteiger partial charge in [0.15, 0.2) is 11.5 Å². The van der Waals surface area contributed by atoms with Crippen LogP contribution in [0.25, 0.3) is 0 Å². The average molecular weight is 262 g/mol. The minimum Gasteiger partial charge on any atom is -0.490 e. The normalized spacial score (nSPS) is 23.2. The van der Waals surface area contributed by atoms with Crippen LogP contribution in [-0.4, -0.2) is 32.2 Å². The summed E-state index contributed by atoms with van der Waals surface area (Å²) in [6.07, 6.45) is 1.35. The lowest BCUT2D eigenvalue weighted by Gasteiger charge is -2.17. The predicted molar refractivity (Wildman–Crippen MR) is 70.4 cm³/mol. The Morgan fingerprint density at radius 1 is 1.11 bits per heavy atom. The van der Waals surface area contributed by atoms with Gasteiger partial charge >= 0.3 is 0 Å². The molecule has 2 aliphatic heterocycles. The van der Waals surface area contributed by atoms with Gasteiger partial charge in [-0.2, -0.15) is 0 Å². The highest BCUT2D eigenvalue weighted by Crippen LogP contribution is 2.33. The summed E-state index contributed by atoms with van der Waals surface area (Å²) in [6.45, 7) is 2.83. The van der Waals surface area contributed by atoms with Gasteiger partial charge in [-0.05, 0) is 17.7 Å². The zero-order chi connectivity index (χ0) is 13.1. The molecule has 102 valence electrons. The van der Waals surface area contributed by atoms with E-state index in [1.807, 2.05) is 18.2 Å². The van der Waals surface area contributed by atoms with E-state index in [0.717, 1.165) is 30.0 Å². The molecule has 5 heteroatoms. The molecule has 1 atom stereocenters. The summed E-state index contributed by atoms with van der Waals surface area (Å²) in [4.78, 5) is 11.6. The second-order valence-corrected chi connectivity index (χ2v) is 4.82. The fourth-order valence-electron chi connectivity index (χ4n) is 2.41. The first-order valence-electron chi connectivity index (χ1n) is 6.72. The van der Waals surface area contributed by atoms with Crippen molar-refractivity contribution in [1.29, 1.82) is 0 Å². The van der Waals surface area contributed by atoms with Gasteiger partial charge < -0.3 is 20.1 Å². The Hall–Kier alpha value is -1.75. The molecule has 2 N–H and O–H groups in total. The van der Waals surface area contributed by atoms with Crippen molar-refractivity contribution in [2.24, 2.45) is 0 Å². The highest BCUT2D eigenvalue weighted by Gasteiger charge is 2.20. The van der Waals surface area contributed by atoms with Crippen LogP contribution in [0, 0.1) is 0 Å². The van der Waals surface area contributed by atoms with Crippen LogP contribution in [-0.2, 0) is 4.79 Å². The molecule has 1 amide bonds. The van der Waals surface area contributed by atoms with Crippen LogP contribution in [0.4, 0.5) is 0 Å². The van der Waals surface area contributed by atoms with Gasteiger partial charge in [0.2, 0.25) is 5.91 Å². The number of fused-ring (bicyclic) bond motifs is 1. The summed E-state index contributed by atoms with van der Waals surface area (Å²) >= 11 is 0. The molecule has 1 fully saturated rings. The molecule has 0 bridgehead atoms. The summed E-state index contributed by atoms with van der Waals surface area (Å²) < 4.78 is 11.3. The van der Waals surface area contributed by atoms with E-state index in [1.165, 1.54) is 0 Å². The molecule has 0 radical (unpaired) electrons. The molecule has 19 heavy (non-hydrogen) atoms. The topological polar surface area (TPSA) is 59.6 Å². The summed E-state index contributed by atoms with van der Waals surface area (Å²) in [5, 5.41) is 6.23. The molecule has 2 heterocycles. The van der Waals surface area contributed by atoms with Crippen molar-refractivity contribution in [3.8, 4) is 11.5 Å². The number of hydrogen-bond donors (Lipinski definition) is 2. The standard InChI is InChI=1S/C14H18N2O3/c17-14-9-11(15-4-5-16-14)10-2-3-12-13(8-10)19-7-1-6-18-12/h2-3,8,11,15H,1,4-7,9H2,(H,16,17). The van der Waals surface area contributed by atoms with Gasteiger partial charge in [0.1, 0.15) is 0 Å². The lowest BCUT2D eigenvalue weighted by atomic mass is 10.0. The average Bonchev–Trinajstić information content (AvgIpc) is 2.77. The largest absolute Gasteiger partial charge is 0.490 e. The van der Waals surface area contributed by atoms with E-state index in [9.17, 15) is 4.79 Å². The quantitative estimate of drug-likeness (QED) is 0.792. The Balaban J connectivity index is 1.84. The van der Waals surface area contributed by atoms with E-state index < -0.39 is 0 Å². The molecule has 3 rings (SSSR count). The number of hydrogen-bond acceptors (Lipinski definition) is 4. The van der Waals surface area contributed by atoms with Crippen LogP contribution in [0.5, 0.6) is 11.5 Å². The first-order chi connectivity index (χ1) is 9.33.